The molecule has 0 spiro atoms. The number of fused-ring (bicyclic) bond motifs is 1. The third-order valence-electron chi connectivity index (χ3n) is 5.68. The van der Waals surface area contributed by atoms with E-state index in [2.05, 4.69) is 21.9 Å². The molecule has 0 N–H and O–H groups in total. The van der Waals surface area contributed by atoms with Crippen molar-refractivity contribution >= 4 is 0 Å². The molecule has 1 atom stereocenters. The third kappa shape index (κ3) is 3.67. The summed E-state index contributed by atoms with van der Waals surface area (Å²) in [7, 11) is 0. The van der Waals surface area contributed by atoms with Crippen molar-refractivity contribution in [1.29, 1.82) is 0 Å². The zero-order valence-electron chi connectivity index (χ0n) is 14.8. The molecule has 1 unspecified atom stereocenters. The molecule has 134 valence electrons. The summed E-state index contributed by atoms with van der Waals surface area (Å²) in [6, 6.07) is 4.02. The van der Waals surface area contributed by atoms with Crippen LogP contribution in [0.5, 0.6) is 0 Å². The molecular weight excluding hydrogens is 314 g/mol. The maximum Gasteiger partial charge on any atom is 0.117 e. The van der Waals surface area contributed by atoms with E-state index < -0.39 is 0 Å². The van der Waals surface area contributed by atoms with Crippen molar-refractivity contribution in [1.82, 2.24) is 14.5 Å². The summed E-state index contributed by atoms with van der Waals surface area (Å²) in [6.45, 7) is 5.66. The third-order valence-corrected chi connectivity index (χ3v) is 5.68. The van der Waals surface area contributed by atoms with Gasteiger partial charge in [-0.15, -0.1) is 0 Å². The first kappa shape index (κ1) is 15.6. The minimum Gasteiger partial charge on any atom is -0.468 e. The van der Waals surface area contributed by atoms with E-state index in [9.17, 15) is 0 Å². The molecule has 0 bridgehead atoms. The molecule has 2 fully saturated rings. The fourth-order valence-electron chi connectivity index (χ4n) is 3.96. The lowest BCUT2D eigenvalue weighted by molar-refractivity contribution is 0.0847. The van der Waals surface area contributed by atoms with Crippen LogP contribution in [0.25, 0.3) is 0 Å². The second-order valence-corrected chi connectivity index (χ2v) is 8.10. The van der Waals surface area contributed by atoms with E-state index in [1.807, 2.05) is 6.07 Å². The van der Waals surface area contributed by atoms with E-state index in [0.29, 0.717) is 5.92 Å². The summed E-state index contributed by atoms with van der Waals surface area (Å²) in [5, 5.41) is 0. The lowest BCUT2D eigenvalue weighted by atomic mass is 9.98. The molecule has 2 aromatic rings. The van der Waals surface area contributed by atoms with Crippen LogP contribution in [0.3, 0.4) is 0 Å². The first-order valence-corrected chi connectivity index (χ1v) is 9.71. The number of hydrogen-bond donors (Lipinski definition) is 0. The molecule has 2 aliphatic carbocycles. The van der Waals surface area contributed by atoms with E-state index in [1.54, 1.807) is 6.26 Å². The van der Waals surface area contributed by atoms with Crippen LogP contribution in [0.15, 0.2) is 29.1 Å². The number of imidazole rings is 1. The number of ether oxygens (including phenoxy) is 1. The van der Waals surface area contributed by atoms with Gasteiger partial charge in [-0.1, -0.05) is 0 Å². The molecule has 2 aromatic heterocycles. The maximum absolute atomic E-state index is 6.09. The minimum absolute atomic E-state index is 0.415. The van der Waals surface area contributed by atoms with Gasteiger partial charge in [0.15, 0.2) is 0 Å². The Hall–Kier alpha value is -1.59. The smallest absolute Gasteiger partial charge is 0.117 e. The van der Waals surface area contributed by atoms with Gasteiger partial charge in [-0.25, -0.2) is 4.98 Å². The van der Waals surface area contributed by atoms with Gasteiger partial charge >= 0.3 is 0 Å². The Morgan fingerprint density at radius 1 is 1.16 bits per heavy atom. The first-order valence-electron chi connectivity index (χ1n) is 9.71. The van der Waals surface area contributed by atoms with Crippen molar-refractivity contribution < 1.29 is 9.15 Å². The molecule has 2 saturated carbocycles. The predicted molar refractivity (Wildman–Crippen MR) is 94.1 cm³/mol. The van der Waals surface area contributed by atoms with Gasteiger partial charge in [-0.05, 0) is 49.7 Å². The number of aromatic nitrogens is 2. The molecule has 0 radical (unpaired) electrons. The highest BCUT2D eigenvalue weighted by molar-refractivity contribution is 5.22. The Bertz CT molecular complexity index is 701. The topological polar surface area (TPSA) is 43.4 Å². The minimum atomic E-state index is 0.415. The monoisotopic (exact) mass is 341 g/mol. The average molecular weight is 341 g/mol. The Morgan fingerprint density at radius 3 is 2.80 bits per heavy atom. The van der Waals surface area contributed by atoms with Crippen LogP contribution < -0.4 is 0 Å². The van der Waals surface area contributed by atoms with Crippen LogP contribution in [0.2, 0.25) is 0 Å². The Balaban J connectivity index is 1.32. The van der Waals surface area contributed by atoms with E-state index >= 15 is 0 Å². The van der Waals surface area contributed by atoms with Crippen LogP contribution >= 0.6 is 0 Å². The Morgan fingerprint density at radius 2 is 2.04 bits per heavy atom. The summed E-state index contributed by atoms with van der Waals surface area (Å²) in [6.07, 6.45) is 9.26. The van der Waals surface area contributed by atoms with Crippen molar-refractivity contribution in [3.63, 3.8) is 0 Å². The fraction of sp³-hybridized carbons (Fsp3) is 0.650. The van der Waals surface area contributed by atoms with E-state index in [1.165, 1.54) is 37.1 Å². The fourth-order valence-corrected chi connectivity index (χ4v) is 3.96. The normalized spacial score (nSPS) is 23.8. The zero-order valence-corrected chi connectivity index (χ0v) is 14.8. The number of rotatable bonds is 8. The summed E-state index contributed by atoms with van der Waals surface area (Å²) in [5.41, 5.74) is 2.66. The van der Waals surface area contributed by atoms with Gasteiger partial charge in [0, 0.05) is 37.9 Å². The molecule has 25 heavy (non-hydrogen) atoms. The highest BCUT2D eigenvalue weighted by Gasteiger charge is 2.32. The Kier molecular flexibility index (Phi) is 4.14. The lowest BCUT2D eigenvalue weighted by Crippen LogP contribution is -2.36. The summed E-state index contributed by atoms with van der Waals surface area (Å²) in [5.74, 6) is 3.13. The van der Waals surface area contributed by atoms with Crippen molar-refractivity contribution in [2.75, 3.05) is 19.8 Å². The predicted octanol–water partition coefficient (Wildman–Crippen LogP) is 3.41. The van der Waals surface area contributed by atoms with Crippen LogP contribution in [0.1, 0.15) is 48.7 Å². The molecule has 3 aliphatic rings. The van der Waals surface area contributed by atoms with E-state index in [-0.39, 0.29) is 0 Å². The van der Waals surface area contributed by atoms with Gasteiger partial charge in [-0.3, -0.25) is 4.90 Å². The Labute approximate surface area is 149 Å². The van der Waals surface area contributed by atoms with Crippen molar-refractivity contribution in [2.45, 2.75) is 51.2 Å². The van der Waals surface area contributed by atoms with Gasteiger partial charge < -0.3 is 13.7 Å². The molecule has 5 nitrogen and oxygen atoms in total. The van der Waals surface area contributed by atoms with Crippen LogP contribution in [0.4, 0.5) is 0 Å². The molecule has 1 aliphatic heterocycles. The van der Waals surface area contributed by atoms with Crippen LogP contribution in [0, 0.1) is 11.8 Å². The largest absolute Gasteiger partial charge is 0.468 e. The van der Waals surface area contributed by atoms with Gasteiger partial charge in [-0.2, -0.15) is 0 Å². The number of hydrogen-bond acceptors (Lipinski definition) is 4. The van der Waals surface area contributed by atoms with Crippen LogP contribution in [-0.2, 0) is 24.4 Å². The highest BCUT2D eigenvalue weighted by atomic mass is 16.5. The molecule has 0 saturated heterocycles. The molecule has 5 rings (SSSR count). The molecule has 3 heterocycles. The lowest BCUT2D eigenvalue weighted by Gasteiger charge is -2.32. The quantitative estimate of drug-likeness (QED) is 0.738. The van der Waals surface area contributed by atoms with Gasteiger partial charge in [0.1, 0.15) is 5.76 Å². The molecule has 5 heteroatoms. The maximum atomic E-state index is 6.09. The first-order chi connectivity index (χ1) is 12.3. The molecular formula is C20H27N3O2. The van der Waals surface area contributed by atoms with Gasteiger partial charge in [0.2, 0.25) is 0 Å². The van der Waals surface area contributed by atoms with E-state index in [4.69, 9.17) is 14.1 Å². The highest BCUT2D eigenvalue weighted by Crippen LogP contribution is 2.35. The number of furan rings is 1. The SMILES string of the molecule is c1coc(CN2Cc3ncn(CC4CC4)c3C(COCC3CC3)C2)c1. The van der Waals surface area contributed by atoms with Crippen LogP contribution in [-0.4, -0.2) is 34.2 Å². The average Bonchev–Trinajstić information content (AvgIpc) is 3.51. The van der Waals surface area contributed by atoms with Gasteiger partial charge in [0.25, 0.3) is 0 Å². The van der Waals surface area contributed by atoms with Gasteiger partial charge in [0.05, 0.1) is 31.4 Å². The summed E-state index contributed by atoms with van der Waals surface area (Å²) in [4.78, 5) is 7.20. The molecule has 0 aromatic carbocycles. The van der Waals surface area contributed by atoms with Crippen molar-refractivity contribution in [2.24, 2.45) is 11.8 Å². The second kappa shape index (κ2) is 6.61. The molecule has 0 amide bonds. The van der Waals surface area contributed by atoms with E-state index in [0.717, 1.165) is 57.0 Å². The van der Waals surface area contributed by atoms with Crippen molar-refractivity contribution in [3.8, 4) is 0 Å². The standard InChI is InChI=1S/C20H27N3O2/c1-2-18(25-7-1)10-22-9-17(13-24-12-16-5-6-16)20-19(11-22)21-14-23(20)8-15-3-4-15/h1-2,7,14-17H,3-6,8-13H2. The van der Waals surface area contributed by atoms with Crippen molar-refractivity contribution in [3.05, 3.63) is 41.9 Å². The summed E-state index contributed by atoms with van der Waals surface area (Å²) >= 11 is 0. The second-order valence-electron chi connectivity index (χ2n) is 8.10. The zero-order chi connectivity index (χ0) is 16.6. The summed E-state index contributed by atoms with van der Waals surface area (Å²) < 4.78 is 14.1. The number of nitrogens with zero attached hydrogens (tertiary/aromatic N) is 3.